The quantitative estimate of drug-likeness (QED) is 0.888. The zero-order chi connectivity index (χ0) is 16.2. The van der Waals surface area contributed by atoms with Gasteiger partial charge >= 0.3 is 0 Å². The standard InChI is InChI=1S/C17H14BrFN2O2/c18-13-3-1-2-12(8-13)15-9-16(23-21-15)17(22)20-10-11-4-6-14(19)7-5-11/h1-8,16H,9-10H2,(H,20,22)/t16-/m1/s1. The van der Waals surface area contributed by atoms with E-state index in [9.17, 15) is 9.18 Å². The van der Waals surface area contributed by atoms with Gasteiger partial charge in [-0.2, -0.15) is 0 Å². The van der Waals surface area contributed by atoms with Crippen molar-refractivity contribution >= 4 is 27.5 Å². The van der Waals surface area contributed by atoms with Crippen LogP contribution in [0.4, 0.5) is 4.39 Å². The van der Waals surface area contributed by atoms with E-state index in [1.165, 1.54) is 12.1 Å². The molecule has 1 N–H and O–H groups in total. The van der Waals surface area contributed by atoms with E-state index in [2.05, 4.69) is 26.4 Å². The van der Waals surface area contributed by atoms with Crippen LogP contribution >= 0.6 is 15.9 Å². The molecule has 23 heavy (non-hydrogen) atoms. The molecule has 6 heteroatoms. The molecule has 0 saturated heterocycles. The Bertz CT molecular complexity index is 747. The summed E-state index contributed by atoms with van der Waals surface area (Å²) < 4.78 is 13.8. The van der Waals surface area contributed by atoms with Gasteiger partial charge in [-0.25, -0.2) is 4.39 Å². The molecule has 2 aromatic rings. The molecule has 1 amide bonds. The number of carbonyl (C=O) groups is 1. The monoisotopic (exact) mass is 376 g/mol. The summed E-state index contributed by atoms with van der Waals surface area (Å²) in [5.41, 5.74) is 2.49. The van der Waals surface area contributed by atoms with E-state index in [0.717, 1.165) is 21.3 Å². The first-order valence-corrected chi connectivity index (χ1v) is 7.92. The van der Waals surface area contributed by atoms with Crippen molar-refractivity contribution in [2.24, 2.45) is 5.16 Å². The Morgan fingerprint density at radius 1 is 1.30 bits per heavy atom. The number of nitrogens with one attached hydrogen (secondary N) is 1. The minimum Gasteiger partial charge on any atom is -0.382 e. The second-order valence-corrected chi connectivity index (χ2v) is 6.11. The second kappa shape index (κ2) is 6.91. The summed E-state index contributed by atoms with van der Waals surface area (Å²) >= 11 is 3.41. The molecule has 4 nitrogen and oxygen atoms in total. The number of amides is 1. The third kappa shape index (κ3) is 3.96. The van der Waals surface area contributed by atoms with Crippen molar-refractivity contribution in [2.75, 3.05) is 0 Å². The fourth-order valence-corrected chi connectivity index (χ4v) is 2.66. The van der Waals surface area contributed by atoms with E-state index in [-0.39, 0.29) is 11.7 Å². The topological polar surface area (TPSA) is 50.7 Å². The van der Waals surface area contributed by atoms with Gasteiger partial charge in [0, 0.05) is 23.0 Å². The van der Waals surface area contributed by atoms with Crippen LogP contribution in [0.2, 0.25) is 0 Å². The van der Waals surface area contributed by atoms with Gasteiger partial charge in [-0.15, -0.1) is 0 Å². The van der Waals surface area contributed by atoms with Crippen molar-refractivity contribution in [3.8, 4) is 0 Å². The van der Waals surface area contributed by atoms with Crippen LogP contribution in [-0.2, 0) is 16.2 Å². The van der Waals surface area contributed by atoms with Crippen molar-refractivity contribution in [1.29, 1.82) is 0 Å². The minimum absolute atomic E-state index is 0.233. The average Bonchev–Trinajstić information content (AvgIpc) is 3.04. The number of hydrogen-bond donors (Lipinski definition) is 1. The van der Waals surface area contributed by atoms with Crippen molar-refractivity contribution in [3.63, 3.8) is 0 Å². The zero-order valence-corrected chi connectivity index (χ0v) is 13.7. The molecule has 118 valence electrons. The molecule has 0 fully saturated rings. The summed E-state index contributed by atoms with van der Waals surface area (Å²) in [5.74, 6) is -0.533. The number of hydrogen-bond acceptors (Lipinski definition) is 3. The number of oxime groups is 1. The summed E-state index contributed by atoms with van der Waals surface area (Å²) in [6.07, 6.45) is -0.212. The van der Waals surface area contributed by atoms with Crippen molar-refractivity contribution in [3.05, 3.63) is 69.9 Å². The Labute approximate surface area is 141 Å². The lowest BCUT2D eigenvalue weighted by atomic mass is 10.0. The Balaban J connectivity index is 1.55. The SMILES string of the molecule is O=C(NCc1ccc(F)cc1)[C@H]1CC(c2cccc(Br)c2)=NO1. The van der Waals surface area contributed by atoms with Gasteiger partial charge in [0.15, 0.2) is 0 Å². The fraction of sp³-hybridized carbons (Fsp3) is 0.176. The number of nitrogens with zero attached hydrogens (tertiary/aromatic N) is 1. The molecule has 1 aliphatic heterocycles. The second-order valence-electron chi connectivity index (χ2n) is 5.19. The molecule has 2 aromatic carbocycles. The molecular weight excluding hydrogens is 363 g/mol. The highest BCUT2D eigenvalue weighted by molar-refractivity contribution is 9.10. The molecule has 0 spiro atoms. The highest BCUT2D eigenvalue weighted by Gasteiger charge is 2.28. The van der Waals surface area contributed by atoms with Gasteiger partial charge < -0.3 is 10.2 Å². The number of benzene rings is 2. The van der Waals surface area contributed by atoms with Crippen LogP contribution in [0.25, 0.3) is 0 Å². The summed E-state index contributed by atoms with van der Waals surface area (Å²) in [7, 11) is 0. The smallest absolute Gasteiger partial charge is 0.264 e. The molecule has 1 atom stereocenters. The van der Waals surface area contributed by atoms with E-state index in [1.54, 1.807) is 12.1 Å². The number of carbonyl (C=O) groups excluding carboxylic acids is 1. The fourth-order valence-electron chi connectivity index (χ4n) is 2.26. The van der Waals surface area contributed by atoms with E-state index in [1.807, 2.05) is 24.3 Å². The normalized spacial score (nSPS) is 16.6. The molecule has 0 unspecified atom stereocenters. The van der Waals surface area contributed by atoms with Gasteiger partial charge in [0.2, 0.25) is 6.10 Å². The first-order valence-electron chi connectivity index (χ1n) is 7.12. The summed E-state index contributed by atoms with van der Waals surface area (Å²) in [6, 6.07) is 13.7. The molecule has 0 aromatic heterocycles. The maximum absolute atomic E-state index is 12.8. The summed E-state index contributed by atoms with van der Waals surface area (Å²) in [4.78, 5) is 17.4. The largest absolute Gasteiger partial charge is 0.382 e. The third-order valence-corrected chi connectivity index (χ3v) is 3.99. The van der Waals surface area contributed by atoms with Crippen LogP contribution in [0.1, 0.15) is 17.5 Å². The molecule has 0 saturated carbocycles. The Morgan fingerprint density at radius 3 is 2.83 bits per heavy atom. The van der Waals surface area contributed by atoms with E-state index >= 15 is 0 Å². The van der Waals surface area contributed by atoms with E-state index in [0.29, 0.717) is 13.0 Å². The molecule has 3 rings (SSSR count). The molecule has 1 heterocycles. The average molecular weight is 377 g/mol. The van der Waals surface area contributed by atoms with Crippen LogP contribution in [-0.4, -0.2) is 17.7 Å². The van der Waals surface area contributed by atoms with Crippen LogP contribution in [0.15, 0.2) is 58.2 Å². The van der Waals surface area contributed by atoms with Gasteiger partial charge in [0.25, 0.3) is 5.91 Å². The summed E-state index contributed by atoms with van der Waals surface area (Å²) in [5, 5.41) is 6.78. The third-order valence-electron chi connectivity index (χ3n) is 3.50. The van der Waals surface area contributed by atoms with Gasteiger partial charge in [0.05, 0.1) is 5.71 Å². The Morgan fingerprint density at radius 2 is 2.09 bits per heavy atom. The predicted octanol–water partition coefficient (Wildman–Crippen LogP) is 3.40. The van der Waals surface area contributed by atoms with Gasteiger partial charge in [-0.05, 0) is 29.8 Å². The zero-order valence-electron chi connectivity index (χ0n) is 12.1. The molecule has 1 aliphatic rings. The number of rotatable bonds is 4. The molecule has 0 aliphatic carbocycles. The Hall–Kier alpha value is -2.21. The lowest BCUT2D eigenvalue weighted by Gasteiger charge is -2.09. The lowest BCUT2D eigenvalue weighted by molar-refractivity contribution is -0.131. The van der Waals surface area contributed by atoms with Crippen molar-refractivity contribution < 1.29 is 14.0 Å². The number of halogens is 2. The van der Waals surface area contributed by atoms with E-state index in [4.69, 9.17) is 4.84 Å². The maximum atomic E-state index is 12.8. The van der Waals surface area contributed by atoms with Crippen LogP contribution in [0.3, 0.4) is 0 Å². The van der Waals surface area contributed by atoms with Crippen molar-refractivity contribution in [2.45, 2.75) is 19.1 Å². The van der Waals surface area contributed by atoms with Crippen LogP contribution in [0.5, 0.6) is 0 Å². The molecular formula is C17H14BrFN2O2. The van der Waals surface area contributed by atoms with Crippen LogP contribution < -0.4 is 5.32 Å². The van der Waals surface area contributed by atoms with Crippen molar-refractivity contribution in [1.82, 2.24) is 5.32 Å². The molecule has 0 radical (unpaired) electrons. The first kappa shape index (κ1) is 15.7. The first-order chi connectivity index (χ1) is 11.1. The highest BCUT2D eigenvalue weighted by Crippen LogP contribution is 2.20. The Kier molecular flexibility index (Phi) is 4.71. The highest BCUT2D eigenvalue weighted by atomic mass is 79.9. The van der Waals surface area contributed by atoms with Crippen LogP contribution in [0, 0.1) is 5.82 Å². The maximum Gasteiger partial charge on any atom is 0.264 e. The predicted molar refractivity (Wildman–Crippen MR) is 88.4 cm³/mol. The van der Waals surface area contributed by atoms with Gasteiger partial charge in [-0.3, -0.25) is 4.79 Å². The van der Waals surface area contributed by atoms with Gasteiger partial charge in [-0.1, -0.05) is 45.4 Å². The van der Waals surface area contributed by atoms with E-state index < -0.39 is 6.10 Å². The minimum atomic E-state index is -0.635. The lowest BCUT2D eigenvalue weighted by Crippen LogP contribution is -2.34. The van der Waals surface area contributed by atoms with Gasteiger partial charge in [0.1, 0.15) is 5.82 Å². The molecule has 0 bridgehead atoms. The summed E-state index contributed by atoms with van der Waals surface area (Å²) in [6.45, 7) is 0.325.